The fourth-order valence-corrected chi connectivity index (χ4v) is 2.95. The monoisotopic (exact) mass is 343 g/mol. The number of ketones is 1. The van der Waals surface area contributed by atoms with Gasteiger partial charge in [-0.3, -0.25) is 4.79 Å². The van der Waals surface area contributed by atoms with Gasteiger partial charge in [-0.2, -0.15) is 8.78 Å². The summed E-state index contributed by atoms with van der Waals surface area (Å²) in [6, 6.07) is 6.22. The van der Waals surface area contributed by atoms with Crippen molar-refractivity contribution in [3.63, 3.8) is 0 Å². The lowest BCUT2D eigenvalue weighted by Crippen LogP contribution is -2.14. The Morgan fingerprint density at radius 2 is 2.14 bits per heavy atom. The van der Waals surface area contributed by atoms with Crippen LogP contribution in [0.4, 0.5) is 8.78 Å². The lowest BCUT2D eigenvalue weighted by atomic mass is 10.3. The quantitative estimate of drug-likeness (QED) is 0.453. The van der Waals surface area contributed by atoms with Gasteiger partial charge in [0.2, 0.25) is 5.78 Å². The van der Waals surface area contributed by atoms with Crippen molar-refractivity contribution in [2.75, 3.05) is 6.61 Å². The van der Waals surface area contributed by atoms with Crippen LogP contribution in [0.3, 0.4) is 0 Å². The number of thioether (sulfide) groups is 1. The van der Waals surface area contributed by atoms with Gasteiger partial charge in [0.1, 0.15) is 5.03 Å². The van der Waals surface area contributed by atoms with Crippen LogP contribution in [0, 0.1) is 6.92 Å². The first-order chi connectivity index (χ1) is 10.5. The molecule has 2 rings (SSSR count). The van der Waals surface area contributed by atoms with Crippen LogP contribution in [0.15, 0.2) is 35.5 Å². The molecule has 0 radical (unpaired) electrons. The zero-order chi connectivity index (χ0) is 16.1. The SMILES string of the molecule is Cc1ccc(C(=O)COC(=O)c2cccnc2SC(F)F)s1. The molecule has 22 heavy (non-hydrogen) atoms. The van der Waals surface area contributed by atoms with Crippen molar-refractivity contribution in [2.24, 2.45) is 0 Å². The second-order valence-corrected chi connectivity index (χ2v) is 6.41. The summed E-state index contributed by atoms with van der Waals surface area (Å²) in [5.74, 6) is -3.88. The van der Waals surface area contributed by atoms with Crippen molar-refractivity contribution in [1.82, 2.24) is 4.98 Å². The number of hydrogen-bond donors (Lipinski definition) is 0. The van der Waals surface area contributed by atoms with Crippen LogP contribution in [-0.4, -0.2) is 29.1 Å². The van der Waals surface area contributed by atoms with Gasteiger partial charge in [0.25, 0.3) is 5.76 Å². The van der Waals surface area contributed by atoms with Gasteiger partial charge < -0.3 is 4.74 Å². The van der Waals surface area contributed by atoms with Gasteiger partial charge in [0.05, 0.1) is 10.4 Å². The van der Waals surface area contributed by atoms with Gasteiger partial charge in [-0.05, 0) is 43.0 Å². The molecule has 0 aliphatic rings. The first-order valence-electron chi connectivity index (χ1n) is 6.14. The van der Waals surface area contributed by atoms with E-state index in [9.17, 15) is 18.4 Å². The Labute approximate surface area is 133 Å². The van der Waals surface area contributed by atoms with Crippen molar-refractivity contribution in [3.8, 4) is 0 Å². The third kappa shape index (κ3) is 4.35. The average Bonchev–Trinajstić information content (AvgIpc) is 2.91. The van der Waals surface area contributed by atoms with Crippen molar-refractivity contribution in [3.05, 3.63) is 45.8 Å². The van der Waals surface area contributed by atoms with E-state index in [0.29, 0.717) is 4.88 Å². The standard InChI is InChI=1S/C14H11F2NO3S2/c1-8-4-5-11(21-8)10(18)7-20-13(19)9-3-2-6-17-12(9)22-14(15)16/h2-6,14H,7H2,1H3. The minimum atomic E-state index is -2.70. The number of carbonyl (C=O) groups is 2. The van der Waals surface area contributed by atoms with E-state index in [0.717, 1.165) is 4.88 Å². The number of aryl methyl sites for hydroxylation is 1. The lowest BCUT2D eigenvalue weighted by Gasteiger charge is -2.07. The van der Waals surface area contributed by atoms with Crippen LogP contribution in [-0.2, 0) is 4.74 Å². The van der Waals surface area contributed by atoms with E-state index in [2.05, 4.69) is 4.98 Å². The highest BCUT2D eigenvalue weighted by Gasteiger charge is 2.19. The molecule has 0 N–H and O–H groups in total. The highest BCUT2D eigenvalue weighted by atomic mass is 32.2. The first-order valence-corrected chi connectivity index (χ1v) is 7.83. The fourth-order valence-electron chi connectivity index (χ4n) is 1.59. The topological polar surface area (TPSA) is 56.3 Å². The highest BCUT2D eigenvalue weighted by molar-refractivity contribution is 7.99. The van der Waals surface area contributed by atoms with E-state index in [-0.39, 0.29) is 28.1 Å². The average molecular weight is 343 g/mol. The predicted molar refractivity (Wildman–Crippen MR) is 79.8 cm³/mol. The molecule has 0 aromatic carbocycles. The van der Waals surface area contributed by atoms with Crippen LogP contribution >= 0.6 is 23.1 Å². The predicted octanol–water partition coefficient (Wildman–Crippen LogP) is 3.81. The molecule has 0 unspecified atom stereocenters. The van der Waals surface area contributed by atoms with E-state index in [1.165, 1.54) is 29.7 Å². The second-order valence-electron chi connectivity index (χ2n) is 4.14. The molecule has 2 aromatic rings. The molecule has 8 heteroatoms. The Morgan fingerprint density at radius 1 is 1.36 bits per heavy atom. The molecule has 116 valence electrons. The van der Waals surface area contributed by atoms with E-state index in [1.54, 1.807) is 12.1 Å². The number of Topliss-reactive ketones (excluding diaryl/α,β-unsaturated/α-hetero) is 1. The first kappa shape index (κ1) is 16.6. The van der Waals surface area contributed by atoms with Crippen LogP contribution in [0.1, 0.15) is 24.9 Å². The molecule has 0 aliphatic carbocycles. The Bertz CT molecular complexity index is 688. The number of halogens is 2. The molecule has 0 atom stereocenters. The van der Waals surface area contributed by atoms with E-state index in [4.69, 9.17) is 4.74 Å². The maximum absolute atomic E-state index is 12.4. The summed E-state index contributed by atoms with van der Waals surface area (Å²) in [5, 5.41) is -0.123. The minimum absolute atomic E-state index is 0.0806. The van der Waals surface area contributed by atoms with Crippen LogP contribution < -0.4 is 0 Å². The Morgan fingerprint density at radius 3 is 2.77 bits per heavy atom. The Kier molecular flexibility index (Phi) is 5.62. The van der Waals surface area contributed by atoms with Crippen LogP contribution in [0.2, 0.25) is 0 Å². The molecule has 2 aromatic heterocycles. The molecule has 0 spiro atoms. The van der Waals surface area contributed by atoms with E-state index >= 15 is 0 Å². The molecule has 0 aliphatic heterocycles. The van der Waals surface area contributed by atoms with Gasteiger partial charge in [0, 0.05) is 11.1 Å². The highest BCUT2D eigenvalue weighted by Crippen LogP contribution is 2.26. The number of carbonyl (C=O) groups excluding carboxylic acids is 2. The lowest BCUT2D eigenvalue weighted by molar-refractivity contribution is 0.0471. The maximum Gasteiger partial charge on any atom is 0.341 e. The van der Waals surface area contributed by atoms with E-state index in [1.807, 2.05) is 6.92 Å². The smallest absolute Gasteiger partial charge is 0.341 e. The summed E-state index contributed by atoms with van der Waals surface area (Å²) in [5.41, 5.74) is -0.0806. The summed E-state index contributed by atoms with van der Waals surface area (Å²) in [6.45, 7) is 1.42. The van der Waals surface area contributed by atoms with Gasteiger partial charge in [-0.1, -0.05) is 0 Å². The molecule has 4 nitrogen and oxygen atoms in total. The number of rotatable bonds is 6. The third-order valence-electron chi connectivity index (χ3n) is 2.54. The molecular formula is C14H11F2NO3S2. The van der Waals surface area contributed by atoms with Gasteiger partial charge in [0.15, 0.2) is 6.61 Å². The second kappa shape index (κ2) is 7.46. The van der Waals surface area contributed by atoms with Crippen molar-refractivity contribution >= 4 is 34.9 Å². The van der Waals surface area contributed by atoms with Crippen molar-refractivity contribution < 1.29 is 23.1 Å². The fraction of sp³-hybridized carbons (Fsp3) is 0.214. The number of nitrogens with zero attached hydrogens (tertiary/aromatic N) is 1. The van der Waals surface area contributed by atoms with E-state index < -0.39 is 18.3 Å². The van der Waals surface area contributed by atoms with Gasteiger partial charge in [-0.25, -0.2) is 9.78 Å². The molecule has 0 fully saturated rings. The maximum atomic E-state index is 12.4. The van der Waals surface area contributed by atoms with Gasteiger partial charge in [-0.15, -0.1) is 11.3 Å². The summed E-state index contributed by atoms with van der Waals surface area (Å²) in [6.07, 6.45) is 1.31. The molecule has 0 saturated heterocycles. The molecular weight excluding hydrogens is 332 g/mol. The van der Waals surface area contributed by atoms with Crippen LogP contribution in [0.25, 0.3) is 0 Å². The Hall–Kier alpha value is -1.80. The summed E-state index contributed by atoms with van der Waals surface area (Å²) in [7, 11) is 0. The number of ether oxygens (including phenoxy) is 1. The van der Waals surface area contributed by atoms with Crippen LogP contribution in [0.5, 0.6) is 0 Å². The number of aromatic nitrogens is 1. The number of alkyl halides is 2. The molecule has 0 saturated carbocycles. The number of pyridine rings is 1. The zero-order valence-electron chi connectivity index (χ0n) is 11.4. The van der Waals surface area contributed by atoms with Gasteiger partial charge >= 0.3 is 5.97 Å². The number of esters is 1. The van der Waals surface area contributed by atoms with Crippen molar-refractivity contribution in [1.29, 1.82) is 0 Å². The summed E-state index contributed by atoms with van der Waals surface area (Å²) >= 11 is 1.46. The molecule has 2 heterocycles. The minimum Gasteiger partial charge on any atom is -0.454 e. The number of thiophene rings is 1. The number of hydrogen-bond acceptors (Lipinski definition) is 6. The zero-order valence-corrected chi connectivity index (χ0v) is 13.0. The molecule has 0 bridgehead atoms. The third-order valence-corrected chi connectivity index (χ3v) is 4.31. The largest absolute Gasteiger partial charge is 0.454 e. The summed E-state index contributed by atoms with van der Waals surface area (Å²) in [4.78, 5) is 29.0. The normalized spacial score (nSPS) is 10.7. The molecule has 0 amide bonds. The summed E-state index contributed by atoms with van der Waals surface area (Å²) < 4.78 is 29.7. The van der Waals surface area contributed by atoms with Crippen molar-refractivity contribution in [2.45, 2.75) is 17.7 Å². The Balaban J connectivity index is 2.02.